The Balaban J connectivity index is 2.43. The number of nitrogens with one attached hydrogen (secondary N) is 1. The summed E-state index contributed by atoms with van der Waals surface area (Å²) < 4.78 is 0. The molecule has 0 aliphatic carbocycles. The highest BCUT2D eigenvalue weighted by Gasteiger charge is 2.05. The number of nitrogen functional groups attached to an aromatic ring is 1. The van der Waals surface area contributed by atoms with Crippen LogP contribution in [0.15, 0.2) is 18.2 Å². The first-order valence-electron chi connectivity index (χ1n) is 5.65. The van der Waals surface area contributed by atoms with Crippen LogP contribution in [0.1, 0.15) is 29.6 Å². The van der Waals surface area contributed by atoms with Gasteiger partial charge in [0.2, 0.25) is 5.91 Å². The summed E-state index contributed by atoms with van der Waals surface area (Å²) in [6, 6.07) is 4.53. The molecule has 0 aliphatic heterocycles. The van der Waals surface area contributed by atoms with Gasteiger partial charge in [-0.25, -0.2) is 4.79 Å². The molecule has 1 aromatic carbocycles. The Kier molecular flexibility index (Phi) is 4.98. The van der Waals surface area contributed by atoms with Crippen LogP contribution >= 0.6 is 0 Å². The molecule has 18 heavy (non-hydrogen) atoms. The van der Waals surface area contributed by atoms with E-state index in [4.69, 9.17) is 16.6 Å². The monoisotopic (exact) mass is 251 g/mol. The van der Waals surface area contributed by atoms with Crippen LogP contribution < -0.4 is 16.8 Å². The molecule has 0 radical (unpaired) electrons. The van der Waals surface area contributed by atoms with Crippen LogP contribution in [0.2, 0.25) is 0 Å². The molecule has 1 aromatic rings. The fraction of sp³-hybridized carbons (Fsp3) is 0.333. The van der Waals surface area contributed by atoms with E-state index in [9.17, 15) is 9.59 Å². The molecule has 0 bridgehead atoms. The number of carbonyl (C=O) groups is 2. The average Bonchev–Trinajstić information content (AvgIpc) is 2.29. The minimum Gasteiger partial charge on any atom is -0.478 e. The summed E-state index contributed by atoms with van der Waals surface area (Å²) in [4.78, 5) is 21.2. The smallest absolute Gasteiger partial charge is 0.335 e. The SMILES string of the molecule is NC(=O)CCCCNc1ccc(C(=O)O)cc1N. The fourth-order valence-electron chi connectivity index (χ4n) is 1.50. The highest BCUT2D eigenvalue weighted by Crippen LogP contribution is 2.19. The normalized spacial score (nSPS) is 10.0. The van der Waals surface area contributed by atoms with Crippen LogP contribution in [-0.4, -0.2) is 23.5 Å². The van der Waals surface area contributed by atoms with Crippen LogP contribution in [0.5, 0.6) is 0 Å². The Bertz CT molecular complexity index is 446. The lowest BCUT2D eigenvalue weighted by Crippen LogP contribution is -2.11. The number of nitrogens with two attached hydrogens (primary N) is 2. The van der Waals surface area contributed by atoms with Crippen LogP contribution in [-0.2, 0) is 4.79 Å². The Morgan fingerprint density at radius 2 is 2.00 bits per heavy atom. The maximum atomic E-state index is 10.7. The molecule has 0 aliphatic rings. The van der Waals surface area contributed by atoms with Crippen molar-refractivity contribution >= 4 is 23.3 Å². The fourth-order valence-corrected chi connectivity index (χ4v) is 1.50. The highest BCUT2D eigenvalue weighted by molar-refractivity contribution is 5.90. The number of primary amides is 1. The van der Waals surface area contributed by atoms with E-state index in [1.807, 2.05) is 0 Å². The first-order valence-corrected chi connectivity index (χ1v) is 5.65. The predicted octanol–water partition coefficient (Wildman–Crippen LogP) is 1.03. The zero-order valence-corrected chi connectivity index (χ0v) is 9.98. The zero-order chi connectivity index (χ0) is 13.5. The van der Waals surface area contributed by atoms with Gasteiger partial charge in [-0.3, -0.25) is 4.79 Å². The van der Waals surface area contributed by atoms with Crippen LogP contribution in [0, 0.1) is 0 Å². The highest BCUT2D eigenvalue weighted by atomic mass is 16.4. The third kappa shape index (κ3) is 4.32. The molecular formula is C12H17N3O3. The van der Waals surface area contributed by atoms with Gasteiger partial charge in [0.05, 0.1) is 16.9 Å². The maximum Gasteiger partial charge on any atom is 0.335 e. The van der Waals surface area contributed by atoms with Gasteiger partial charge < -0.3 is 21.9 Å². The molecule has 0 unspecified atom stereocenters. The number of benzene rings is 1. The number of carboxylic acid groups (broad SMARTS) is 1. The average molecular weight is 251 g/mol. The van der Waals surface area contributed by atoms with Crippen molar-refractivity contribution in [2.24, 2.45) is 5.73 Å². The Morgan fingerprint density at radius 3 is 2.56 bits per heavy atom. The minimum absolute atomic E-state index is 0.159. The number of carbonyl (C=O) groups excluding carboxylic acids is 1. The molecule has 6 heteroatoms. The van der Waals surface area contributed by atoms with Crippen LogP contribution in [0.4, 0.5) is 11.4 Å². The number of anilines is 2. The van der Waals surface area contributed by atoms with Gasteiger partial charge in [-0.2, -0.15) is 0 Å². The first kappa shape index (κ1) is 13.8. The molecule has 0 fully saturated rings. The molecule has 0 atom stereocenters. The van der Waals surface area contributed by atoms with Crippen molar-refractivity contribution in [2.45, 2.75) is 19.3 Å². The molecule has 98 valence electrons. The van der Waals surface area contributed by atoms with Gasteiger partial charge in [0, 0.05) is 13.0 Å². The summed E-state index contributed by atoms with van der Waals surface area (Å²) in [6.07, 6.45) is 1.88. The summed E-state index contributed by atoms with van der Waals surface area (Å²) in [5, 5.41) is 11.9. The molecule has 0 spiro atoms. The first-order chi connectivity index (χ1) is 8.50. The predicted molar refractivity (Wildman–Crippen MR) is 69.3 cm³/mol. The summed E-state index contributed by atoms with van der Waals surface area (Å²) in [5.74, 6) is -1.31. The second-order valence-electron chi connectivity index (χ2n) is 3.96. The largest absolute Gasteiger partial charge is 0.478 e. The van der Waals surface area contributed by atoms with Crippen molar-refractivity contribution in [1.29, 1.82) is 0 Å². The van der Waals surface area contributed by atoms with E-state index in [2.05, 4.69) is 5.32 Å². The molecular weight excluding hydrogens is 234 g/mol. The second-order valence-corrected chi connectivity index (χ2v) is 3.96. The summed E-state index contributed by atoms with van der Waals surface area (Å²) in [6.45, 7) is 0.657. The third-order valence-corrected chi connectivity index (χ3v) is 2.46. The maximum absolute atomic E-state index is 10.7. The van der Waals surface area contributed by atoms with Gasteiger partial charge in [0.25, 0.3) is 0 Å². The number of carboxylic acids is 1. The lowest BCUT2D eigenvalue weighted by Gasteiger charge is -2.09. The van der Waals surface area contributed by atoms with Gasteiger partial charge >= 0.3 is 5.97 Å². The second kappa shape index (κ2) is 6.48. The lowest BCUT2D eigenvalue weighted by atomic mass is 10.1. The molecule has 6 nitrogen and oxygen atoms in total. The Hall–Kier alpha value is -2.24. The van der Waals surface area contributed by atoms with E-state index < -0.39 is 5.97 Å². The van der Waals surface area contributed by atoms with E-state index in [0.29, 0.717) is 24.3 Å². The number of rotatable bonds is 7. The van der Waals surface area contributed by atoms with Crippen molar-refractivity contribution < 1.29 is 14.7 Å². The molecule has 0 saturated carbocycles. The van der Waals surface area contributed by atoms with Gasteiger partial charge in [-0.15, -0.1) is 0 Å². The Labute approximate surface area is 105 Å². The van der Waals surface area contributed by atoms with Crippen LogP contribution in [0.3, 0.4) is 0 Å². The molecule has 1 amide bonds. The van der Waals surface area contributed by atoms with Crippen LogP contribution in [0.25, 0.3) is 0 Å². The number of hydrogen-bond acceptors (Lipinski definition) is 4. The Morgan fingerprint density at radius 1 is 1.28 bits per heavy atom. The van der Waals surface area contributed by atoms with E-state index in [1.54, 1.807) is 6.07 Å². The number of amides is 1. The van der Waals surface area contributed by atoms with E-state index in [-0.39, 0.29) is 11.5 Å². The van der Waals surface area contributed by atoms with E-state index in [0.717, 1.165) is 12.8 Å². The lowest BCUT2D eigenvalue weighted by molar-refractivity contribution is -0.118. The summed E-state index contributed by atoms with van der Waals surface area (Å²) in [5.41, 5.74) is 12.0. The standard InChI is InChI=1S/C12H17N3O3/c13-9-7-8(12(17)18)4-5-10(9)15-6-2-1-3-11(14)16/h4-5,7,15H,1-3,6,13H2,(H2,14,16)(H,17,18). The zero-order valence-electron chi connectivity index (χ0n) is 9.98. The van der Waals surface area contributed by atoms with Gasteiger partial charge in [0.1, 0.15) is 0 Å². The summed E-state index contributed by atoms with van der Waals surface area (Å²) in [7, 11) is 0. The van der Waals surface area contributed by atoms with Crippen molar-refractivity contribution in [3.05, 3.63) is 23.8 Å². The topological polar surface area (TPSA) is 118 Å². The van der Waals surface area contributed by atoms with Gasteiger partial charge in [-0.05, 0) is 31.0 Å². The van der Waals surface area contributed by atoms with Gasteiger partial charge in [-0.1, -0.05) is 0 Å². The molecule has 1 rings (SSSR count). The molecule has 0 heterocycles. The molecule has 0 aromatic heterocycles. The van der Waals surface area contributed by atoms with Crippen molar-refractivity contribution in [2.75, 3.05) is 17.6 Å². The quantitative estimate of drug-likeness (QED) is 0.426. The van der Waals surface area contributed by atoms with Crippen molar-refractivity contribution in [3.63, 3.8) is 0 Å². The minimum atomic E-state index is -1.00. The number of aromatic carboxylic acids is 1. The third-order valence-electron chi connectivity index (χ3n) is 2.46. The number of hydrogen-bond donors (Lipinski definition) is 4. The van der Waals surface area contributed by atoms with E-state index >= 15 is 0 Å². The summed E-state index contributed by atoms with van der Waals surface area (Å²) >= 11 is 0. The van der Waals surface area contributed by atoms with E-state index in [1.165, 1.54) is 12.1 Å². The van der Waals surface area contributed by atoms with Crippen molar-refractivity contribution in [1.82, 2.24) is 0 Å². The number of unbranched alkanes of at least 4 members (excludes halogenated alkanes) is 1. The van der Waals surface area contributed by atoms with Gasteiger partial charge in [0.15, 0.2) is 0 Å². The molecule has 6 N–H and O–H groups in total. The van der Waals surface area contributed by atoms with Crippen molar-refractivity contribution in [3.8, 4) is 0 Å². The molecule has 0 saturated heterocycles.